The van der Waals surface area contributed by atoms with Gasteiger partial charge < -0.3 is 21.5 Å². The molecule has 37 heavy (non-hydrogen) atoms. The molecule has 0 spiro atoms. The van der Waals surface area contributed by atoms with Crippen LogP contribution in [0.3, 0.4) is 0 Å². The minimum Gasteiger partial charge on any atom is -0.386 e. The number of nitrogens with one attached hydrogen (secondary N) is 1. The maximum Gasteiger partial charge on any atom is 0.416 e. The molecular formula is C25H28F6N4O2. The van der Waals surface area contributed by atoms with Gasteiger partial charge in [-0.3, -0.25) is 0 Å². The van der Waals surface area contributed by atoms with E-state index in [1.165, 1.54) is 6.92 Å². The lowest BCUT2D eigenvalue weighted by atomic mass is 9.77. The zero-order valence-electron chi connectivity index (χ0n) is 19.9. The molecule has 0 bridgehead atoms. The highest BCUT2D eigenvalue weighted by Gasteiger charge is 2.39. The highest BCUT2D eigenvalue weighted by atomic mass is 19.4. The number of amides is 2. The highest BCUT2D eigenvalue weighted by Crippen LogP contribution is 2.41. The first-order valence-electron chi connectivity index (χ1n) is 11.6. The number of nitrogens with two attached hydrogens (primary N) is 2. The smallest absolute Gasteiger partial charge is 0.386 e. The fraction of sp³-hybridized carbons (Fsp3) is 0.440. The van der Waals surface area contributed by atoms with Crippen LogP contribution in [0.4, 0.5) is 31.1 Å². The first-order valence-corrected chi connectivity index (χ1v) is 11.6. The van der Waals surface area contributed by atoms with Crippen LogP contribution in [0.1, 0.15) is 60.5 Å². The predicted molar refractivity (Wildman–Crippen MR) is 126 cm³/mol. The van der Waals surface area contributed by atoms with Crippen LogP contribution < -0.4 is 16.8 Å². The molecule has 2 amide bonds. The molecule has 1 aliphatic rings. The Hall–Kier alpha value is -3.12. The molecule has 5 N–H and O–H groups in total. The Bertz CT molecular complexity index is 1070. The number of halogens is 6. The molecule has 0 aliphatic heterocycles. The van der Waals surface area contributed by atoms with Crippen molar-refractivity contribution >= 4 is 11.9 Å². The number of amidine groups is 1. The Labute approximate surface area is 210 Å². The van der Waals surface area contributed by atoms with Crippen molar-refractivity contribution in [2.75, 3.05) is 6.54 Å². The minimum absolute atomic E-state index is 0.0145. The van der Waals surface area contributed by atoms with E-state index in [-0.39, 0.29) is 36.0 Å². The average molecular weight is 531 g/mol. The van der Waals surface area contributed by atoms with E-state index in [1.807, 2.05) is 30.3 Å². The number of primary amides is 1. The van der Waals surface area contributed by atoms with Crippen molar-refractivity contribution < 1.29 is 35.9 Å². The summed E-state index contributed by atoms with van der Waals surface area (Å²) in [6.45, 7) is 1.49. The third-order valence-electron chi connectivity index (χ3n) is 6.28. The first-order chi connectivity index (χ1) is 17.3. The molecular weight excluding hydrogens is 502 g/mol. The minimum atomic E-state index is -4.95. The summed E-state index contributed by atoms with van der Waals surface area (Å²) >= 11 is 0. The van der Waals surface area contributed by atoms with E-state index >= 15 is 0 Å². The fourth-order valence-corrected chi connectivity index (χ4v) is 4.63. The van der Waals surface area contributed by atoms with Crippen LogP contribution in [0, 0.1) is 0 Å². The van der Waals surface area contributed by atoms with Crippen LogP contribution in [-0.4, -0.2) is 30.6 Å². The monoisotopic (exact) mass is 530 g/mol. The maximum atomic E-state index is 13.4. The molecule has 2 aromatic carbocycles. The third kappa shape index (κ3) is 7.68. The predicted octanol–water partition coefficient (Wildman–Crippen LogP) is 5.53. The van der Waals surface area contributed by atoms with Gasteiger partial charge in [-0.25, -0.2) is 4.79 Å². The van der Waals surface area contributed by atoms with Gasteiger partial charge in [0.15, 0.2) is 0 Å². The number of nitrogens with zero attached hydrogens (tertiary/aromatic N) is 1. The topological polar surface area (TPSA) is 103 Å². The van der Waals surface area contributed by atoms with Crippen molar-refractivity contribution in [1.29, 1.82) is 0 Å². The van der Waals surface area contributed by atoms with Gasteiger partial charge in [0.25, 0.3) is 0 Å². The summed E-state index contributed by atoms with van der Waals surface area (Å²) in [6, 6.07) is 9.55. The summed E-state index contributed by atoms with van der Waals surface area (Å²) in [6.07, 6.45) is -9.57. The molecule has 0 heterocycles. The lowest BCUT2D eigenvalue weighted by Crippen LogP contribution is -2.47. The summed E-state index contributed by atoms with van der Waals surface area (Å²) in [7, 11) is 0. The number of hydrogen-bond donors (Lipinski definition) is 3. The number of carbonyl (C=O) groups excluding carboxylic acids is 1. The Morgan fingerprint density at radius 1 is 1.03 bits per heavy atom. The van der Waals surface area contributed by atoms with E-state index in [4.69, 9.17) is 16.2 Å². The van der Waals surface area contributed by atoms with Gasteiger partial charge in [0.2, 0.25) is 0 Å². The average Bonchev–Trinajstić information content (AvgIpc) is 2.81. The van der Waals surface area contributed by atoms with E-state index in [0.717, 1.165) is 5.56 Å². The molecule has 12 heteroatoms. The van der Waals surface area contributed by atoms with Crippen LogP contribution >= 0.6 is 0 Å². The number of urea groups is 1. The Morgan fingerprint density at radius 3 is 2.16 bits per heavy atom. The largest absolute Gasteiger partial charge is 0.416 e. The number of hydrogen-bond acceptors (Lipinski definition) is 3. The molecule has 1 aliphatic carbocycles. The summed E-state index contributed by atoms with van der Waals surface area (Å²) in [5, 5.41) is 3.24. The second-order valence-corrected chi connectivity index (χ2v) is 8.95. The zero-order chi connectivity index (χ0) is 27.4. The molecule has 4 atom stereocenters. The van der Waals surface area contributed by atoms with Crippen molar-refractivity contribution in [3.05, 3.63) is 70.8 Å². The SMILES string of the molecule is C[C@@H](O[C@H]1CCC[C@H](NC/C(N)=N/C(N)=O)[C@H]1c1ccccc1)c1cc(C(F)(F)F)cc(C(F)(F)F)c1. The molecule has 0 aromatic heterocycles. The van der Waals surface area contributed by atoms with Gasteiger partial charge in [-0.05, 0) is 55.5 Å². The first kappa shape index (κ1) is 28.5. The van der Waals surface area contributed by atoms with Crippen molar-refractivity contribution in [2.24, 2.45) is 16.5 Å². The molecule has 1 saturated carbocycles. The van der Waals surface area contributed by atoms with E-state index in [9.17, 15) is 31.1 Å². The molecule has 0 unspecified atom stereocenters. The van der Waals surface area contributed by atoms with Gasteiger partial charge in [-0.2, -0.15) is 31.3 Å². The molecule has 6 nitrogen and oxygen atoms in total. The van der Waals surface area contributed by atoms with E-state index in [0.29, 0.717) is 31.4 Å². The van der Waals surface area contributed by atoms with E-state index in [2.05, 4.69) is 10.3 Å². The molecule has 0 saturated heterocycles. The summed E-state index contributed by atoms with van der Waals surface area (Å²) in [5.41, 5.74) is 8.65. The molecule has 1 fully saturated rings. The van der Waals surface area contributed by atoms with Crippen LogP contribution in [0.15, 0.2) is 53.5 Å². The van der Waals surface area contributed by atoms with Crippen molar-refractivity contribution in [3.8, 4) is 0 Å². The zero-order valence-corrected chi connectivity index (χ0v) is 19.9. The standard InChI is InChI=1S/C25H28F6N4O2/c1-14(16-10-17(24(26,27)28)12-18(11-16)25(29,30)31)37-20-9-5-8-19(34-13-21(32)35-23(33)36)22(20)15-6-3-2-4-7-15/h2-4,6-7,10-12,14,19-20,22,34H,5,8-9,13H2,1H3,(H4,32,33,35,36)/t14-,19+,20+,22-/m1/s1. The van der Waals surface area contributed by atoms with Gasteiger partial charge in [0.05, 0.1) is 29.9 Å². The van der Waals surface area contributed by atoms with Gasteiger partial charge >= 0.3 is 18.4 Å². The highest BCUT2D eigenvalue weighted by molar-refractivity contribution is 5.93. The Kier molecular flexibility index (Phi) is 8.85. The van der Waals surface area contributed by atoms with Gasteiger partial charge in [-0.1, -0.05) is 30.3 Å². The number of alkyl halides is 6. The second-order valence-electron chi connectivity index (χ2n) is 8.95. The summed E-state index contributed by atoms with van der Waals surface area (Å²) < 4.78 is 86.3. The number of benzene rings is 2. The molecule has 2 aromatic rings. The van der Waals surface area contributed by atoms with Gasteiger partial charge in [-0.15, -0.1) is 0 Å². The van der Waals surface area contributed by atoms with E-state index < -0.39 is 41.7 Å². The quantitative estimate of drug-likeness (QED) is 0.249. The second kappa shape index (κ2) is 11.5. The van der Waals surface area contributed by atoms with Crippen molar-refractivity contribution in [3.63, 3.8) is 0 Å². The fourth-order valence-electron chi connectivity index (χ4n) is 4.63. The van der Waals surface area contributed by atoms with Gasteiger partial charge in [0.1, 0.15) is 5.84 Å². The number of ether oxygens (including phenoxy) is 1. The third-order valence-corrected chi connectivity index (χ3v) is 6.28. The summed E-state index contributed by atoms with van der Waals surface area (Å²) in [4.78, 5) is 14.5. The van der Waals surface area contributed by atoms with Gasteiger partial charge in [0, 0.05) is 12.0 Å². The van der Waals surface area contributed by atoms with Crippen LogP contribution in [-0.2, 0) is 17.1 Å². The van der Waals surface area contributed by atoms with Crippen molar-refractivity contribution in [2.45, 2.75) is 62.7 Å². The Morgan fingerprint density at radius 2 is 1.62 bits per heavy atom. The number of rotatable bonds is 7. The molecule has 202 valence electrons. The van der Waals surface area contributed by atoms with Crippen LogP contribution in [0.25, 0.3) is 0 Å². The normalized spacial score (nSPS) is 22.0. The lowest BCUT2D eigenvalue weighted by Gasteiger charge is -2.40. The molecule has 3 rings (SSSR count). The lowest BCUT2D eigenvalue weighted by molar-refractivity contribution is -0.143. The summed E-state index contributed by atoms with van der Waals surface area (Å²) in [5.74, 6) is -0.314. The Balaban J connectivity index is 1.90. The maximum absolute atomic E-state index is 13.4. The number of carbonyl (C=O) groups is 1. The van der Waals surface area contributed by atoms with Crippen molar-refractivity contribution in [1.82, 2.24) is 5.32 Å². The van der Waals surface area contributed by atoms with Crippen LogP contribution in [0.5, 0.6) is 0 Å². The molecule has 0 radical (unpaired) electrons. The number of aliphatic imine (C=N–C) groups is 1. The van der Waals surface area contributed by atoms with Crippen LogP contribution in [0.2, 0.25) is 0 Å². The van der Waals surface area contributed by atoms with E-state index in [1.54, 1.807) is 0 Å².